The lowest BCUT2D eigenvalue weighted by Crippen LogP contribution is -2.25. The molecular weight excluding hydrogens is 640 g/mol. The molecule has 0 aliphatic carbocycles. The summed E-state index contributed by atoms with van der Waals surface area (Å²) in [6, 6.07) is 11.2. The molecule has 0 spiro atoms. The van der Waals surface area contributed by atoms with Crippen molar-refractivity contribution in [1.82, 2.24) is 10.3 Å². The van der Waals surface area contributed by atoms with E-state index >= 15 is 0 Å². The van der Waals surface area contributed by atoms with E-state index in [2.05, 4.69) is 107 Å². The van der Waals surface area contributed by atoms with Gasteiger partial charge in [-0.1, -0.05) is 151 Å². The minimum absolute atomic E-state index is 0.0723. The Labute approximate surface area is 310 Å². The third-order valence-corrected chi connectivity index (χ3v) is 9.20. The monoisotopic (exact) mass is 708 g/mol. The van der Waals surface area contributed by atoms with E-state index in [4.69, 9.17) is 21.1 Å². The van der Waals surface area contributed by atoms with Gasteiger partial charge in [0, 0.05) is 29.3 Å². The fraction of sp³-hybridized carbons (Fsp3) is 0.545. The maximum Gasteiger partial charge on any atom is 0.185 e. The SMILES string of the molecule is C=C(O)/C(=C/C=C(/C)CCC)NC.CC(C)(C)c1cc(-c2ccc(Cl)cc2)nc2cc(C=O)oc12.CCCC.CCCC(C)(C)C(C)C(C)C. The summed E-state index contributed by atoms with van der Waals surface area (Å²) in [4.78, 5) is 15.6. The number of unbranched alkanes of at least 4 members (excludes halogenated alkanes) is 1. The molecule has 0 aliphatic rings. The van der Waals surface area contributed by atoms with Crippen LogP contribution in [0.3, 0.4) is 0 Å². The van der Waals surface area contributed by atoms with E-state index in [1.807, 2.05) is 42.5 Å². The van der Waals surface area contributed by atoms with Crippen LogP contribution < -0.4 is 5.32 Å². The van der Waals surface area contributed by atoms with E-state index in [1.165, 1.54) is 31.3 Å². The van der Waals surface area contributed by atoms with Crippen molar-refractivity contribution >= 4 is 29.0 Å². The van der Waals surface area contributed by atoms with Gasteiger partial charge >= 0.3 is 0 Å². The largest absolute Gasteiger partial charge is 0.506 e. The molecule has 0 fully saturated rings. The van der Waals surface area contributed by atoms with E-state index in [1.54, 1.807) is 13.1 Å². The van der Waals surface area contributed by atoms with Gasteiger partial charge in [0.1, 0.15) is 11.3 Å². The molecule has 0 saturated heterocycles. The van der Waals surface area contributed by atoms with Crippen molar-refractivity contribution in [3.63, 3.8) is 0 Å². The van der Waals surface area contributed by atoms with Crippen LogP contribution >= 0.6 is 11.6 Å². The number of nitrogens with one attached hydrogen (secondary N) is 1. The summed E-state index contributed by atoms with van der Waals surface area (Å²) in [5.41, 5.74) is 6.58. The van der Waals surface area contributed by atoms with Gasteiger partial charge < -0.3 is 14.8 Å². The Morgan fingerprint density at radius 3 is 1.96 bits per heavy atom. The second-order valence-corrected chi connectivity index (χ2v) is 15.5. The number of fused-ring (bicyclic) bond motifs is 1. The van der Waals surface area contributed by atoms with Crippen LogP contribution in [0.5, 0.6) is 0 Å². The summed E-state index contributed by atoms with van der Waals surface area (Å²) in [6.45, 7) is 32.4. The number of likely N-dealkylation sites (N-methyl/N-ethyl adjacent to an activating group) is 1. The van der Waals surface area contributed by atoms with Crippen LogP contribution in [0.1, 0.15) is 145 Å². The van der Waals surface area contributed by atoms with Gasteiger partial charge in [0.05, 0.1) is 11.4 Å². The second kappa shape index (κ2) is 23.2. The van der Waals surface area contributed by atoms with Gasteiger partial charge in [-0.3, -0.25) is 4.79 Å². The van der Waals surface area contributed by atoms with E-state index in [9.17, 15) is 4.79 Å². The van der Waals surface area contributed by atoms with Gasteiger partial charge in [0.15, 0.2) is 17.6 Å². The molecule has 2 aromatic heterocycles. The Kier molecular flexibility index (Phi) is 21.7. The number of rotatable bonds is 12. The Bertz CT molecular complexity index is 1490. The lowest BCUT2D eigenvalue weighted by Gasteiger charge is -2.34. The molecule has 0 aliphatic heterocycles. The van der Waals surface area contributed by atoms with Gasteiger partial charge in [-0.25, -0.2) is 4.98 Å². The number of aldehydes is 1. The van der Waals surface area contributed by atoms with Crippen molar-refractivity contribution in [1.29, 1.82) is 0 Å². The molecule has 0 saturated carbocycles. The van der Waals surface area contributed by atoms with Gasteiger partial charge in [-0.15, -0.1) is 0 Å². The topological polar surface area (TPSA) is 75.4 Å². The van der Waals surface area contributed by atoms with Crippen LogP contribution in [0.15, 0.2) is 76.6 Å². The molecule has 2 N–H and O–H groups in total. The molecule has 1 aromatic carbocycles. The van der Waals surface area contributed by atoms with Gasteiger partial charge in [0.2, 0.25) is 0 Å². The van der Waals surface area contributed by atoms with Crippen LogP contribution in [0, 0.1) is 17.3 Å². The number of nitrogens with zero attached hydrogens (tertiary/aromatic N) is 1. The number of carbonyl (C=O) groups is 1. The van der Waals surface area contributed by atoms with Crippen molar-refractivity contribution in [2.75, 3.05) is 7.05 Å². The predicted molar refractivity (Wildman–Crippen MR) is 219 cm³/mol. The first kappa shape index (κ1) is 46.7. The minimum Gasteiger partial charge on any atom is -0.506 e. The number of hydrogen-bond donors (Lipinski definition) is 2. The normalized spacial score (nSPS) is 12.6. The van der Waals surface area contributed by atoms with Gasteiger partial charge in [0.25, 0.3) is 0 Å². The van der Waals surface area contributed by atoms with E-state index in [0.717, 1.165) is 41.5 Å². The molecule has 0 amide bonds. The molecular formula is C44H69ClN2O3. The first-order valence-electron chi connectivity index (χ1n) is 18.4. The molecule has 3 aromatic rings. The fourth-order valence-corrected chi connectivity index (χ4v) is 5.35. The highest BCUT2D eigenvalue weighted by atomic mass is 35.5. The van der Waals surface area contributed by atoms with Gasteiger partial charge in [-0.2, -0.15) is 0 Å². The number of hydrogen-bond acceptors (Lipinski definition) is 5. The minimum atomic E-state index is -0.125. The molecule has 3 rings (SSSR count). The summed E-state index contributed by atoms with van der Waals surface area (Å²) in [5, 5.41) is 12.7. The zero-order valence-corrected chi connectivity index (χ0v) is 34.6. The van der Waals surface area contributed by atoms with Crippen LogP contribution in [0.4, 0.5) is 0 Å². The van der Waals surface area contributed by atoms with Crippen LogP contribution in [-0.2, 0) is 5.41 Å². The Balaban J connectivity index is 0.000000737. The average Bonchev–Trinajstić information content (AvgIpc) is 3.48. The molecule has 5 nitrogen and oxygen atoms in total. The maximum absolute atomic E-state index is 11.0. The molecule has 280 valence electrons. The van der Waals surface area contributed by atoms with Crippen molar-refractivity contribution in [3.8, 4) is 11.3 Å². The Morgan fingerprint density at radius 1 is 0.960 bits per heavy atom. The third-order valence-electron chi connectivity index (χ3n) is 8.95. The van der Waals surface area contributed by atoms with Gasteiger partial charge in [-0.05, 0) is 66.7 Å². The molecule has 0 bridgehead atoms. The third kappa shape index (κ3) is 16.6. The first-order valence-corrected chi connectivity index (χ1v) is 18.8. The van der Waals surface area contributed by atoms with E-state index in [-0.39, 0.29) is 11.2 Å². The number of allylic oxidation sites excluding steroid dienone is 3. The lowest BCUT2D eigenvalue weighted by molar-refractivity contribution is 0.110. The lowest BCUT2D eigenvalue weighted by atomic mass is 9.71. The quantitative estimate of drug-likeness (QED) is 0.111. The zero-order chi connectivity index (χ0) is 38.7. The molecule has 1 unspecified atom stereocenters. The highest BCUT2D eigenvalue weighted by Crippen LogP contribution is 2.36. The van der Waals surface area contributed by atoms with Crippen LogP contribution in [0.2, 0.25) is 5.02 Å². The molecule has 1 atom stereocenters. The zero-order valence-electron chi connectivity index (χ0n) is 33.9. The smallest absolute Gasteiger partial charge is 0.185 e. The number of aliphatic hydroxyl groups is 1. The summed E-state index contributed by atoms with van der Waals surface area (Å²) in [6.07, 6.45) is 12.1. The van der Waals surface area contributed by atoms with Crippen molar-refractivity contribution in [3.05, 3.63) is 88.5 Å². The highest BCUT2D eigenvalue weighted by molar-refractivity contribution is 6.30. The summed E-state index contributed by atoms with van der Waals surface area (Å²) < 4.78 is 5.63. The number of aromatic nitrogens is 1. The number of aliphatic hydroxyl groups excluding tert-OH is 1. The van der Waals surface area contributed by atoms with E-state index in [0.29, 0.717) is 39.3 Å². The number of pyridine rings is 1. The maximum atomic E-state index is 11.0. The van der Waals surface area contributed by atoms with Crippen LogP contribution in [-0.4, -0.2) is 23.4 Å². The first-order chi connectivity index (χ1) is 23.3. The molecule has 2 heterocycles. The standard InChI is InChI=1S/C18H16ClNO2.C11H19NO.C11H24.C4H10/c1-18(2,3)14-9-15(11-4-6-12(19)7-5-11)20-16-8-13(10-21)22-17(14)16;1-5-6-9(2)7-8-11(12-4)10(3)13;1-7-8-11(5,6)10(4)9(2)3;1-3-4-2/h4-10H,1-3H3;7-8,12-13H,3,5-6H2,1-2,4H3;9-10H,7-8H2,1-6H3;3-4H2,1-2H3/b;9-7-,11-8-;;. The summed E-state index contributed by atoms with van der Waals surface area (Å²) >= 11 is 5.95. The molecule has 6 heteroatoms. The second-order valence-electron chi connectivity index (χ2n) is 15.1. The molecule has 50 heavy (non-hydrogen) atoms. The number of halogens is 1. The number of carbonyl (C=O) groups excluding carboxylic acids is 1. The van der Waals surface area contributed by atoms with Crippen molar-refractivity contribution in [2.24, 2.45) is 17.3 Å². The number of furan rings is 1. The van der Waals surface area contributed by atoms with E-state index < -0.39 is 0 Å². The molecule has 0 radical (unpaired) electrons. The Morgan fingerprint density at radius 2 is 1.54 bits per heavy atom. The predicted octanol–water partition coefficient (Wildman–Crippen LogP) is 14.1. The van der Waals surface area contributed by atoms with Crippen molar-refractivity contribution in [2.45, 2.75) is 134 Å². The summed E-state index contributed by atoms with van der Waals surface area (Å²) in [5.74, 6) is 2.02. The fourth-order valence-electron chi connectivity index (χ4n) is 5.23. The average molecular weight is 709 g/mol. The summed E-state index contributed by atoms with van der Waals surface area (Å²) in [7, 11) is 1.76. The van der Waals surface area contributed by atoms with Crippen LogP contribution in [0.25, 0.3) is 22.4 Å². The Hall–Kier alpha value is -3.31. The van der Waals surface area contributed by atoms with Crippen molar-refractivity contribution < 1.29 is 14.3 Å². The highest BCUT2D eigenvalue weighted by Gasteiger charge is 2.26. The number of benzene rings is 1.